The minimum Gasteiger partial charge on any atom is -0.399 e. The van der Waals surface area contributed by atoms with Gasteiger partial charge in [0.1, 0.15) is 12.8 Å². The van der Waals surface area contributed by atoms with Gasteiger partial charge in [-0.05, 0) is 20.3 Å². The number of hydrogen-bond acceptors (Lipinski definition) is 5. The first-order valence-electron chi connectivity index (χ1n) is 5.17. The molecular formula is C10H19NO4. The summed E-state index contributed by atoms with van der Waals surface area (Å²) in [7, 11) is 1.50. The highest BCUT2D eigenvalue weighted by Gasteiger charge is 2.50. The summed E-state index contributed by atoms with van der Waals surface area (Å²) in [6.07, 6.45) is 1.30. The van der Waals surface area contributed by atoms with Crippen molar-refractivity contribution in [3.05, 3.63) is 0 Å². The van der Waals surface area contributed by atoms with E-state index in [4.69, 9.17) is 19.3 Å². The maximum Gasteiger partial charge on any atom is 0.246 e. The summed E-state index contributed by atoms with van der Waals surface area (Å²) in [6.45, 7) is 7.51. The fourth-order valence-electron chi connectivity index (χ4n) is 1.55. The number of oxime groups is 1. The molecule has 0 N–H and O–H groups in total. The molecule has 88 valence electrons. The number of rotatable bonds is 4. The average Bonchev–Trinajstić information content (AvgIpc) is 2.52. The van der Waals surface area contributed by atoms with Crippen LogP contribution in [0, 0.1) is 0 Å². The van der Waals surface area contributed by atoms with Crippen LogP contribution in [0.25, 0.3) is 0 Å². The van der Waals surface area contributed by atoms with Crippen molar-refractivity contribution < 1.29 is 19.3 Å². The Morgan fingerprint density at radius 1 is 1.27 bits per heavy atom. The molecule has 0 amide bonds. The molecule has 0 spiro atoms. The summed E-state index contributed by atoms with van der Waals surface area (Å²) >= 11 is 0. The minimum absolute atomic E-state index is 0.618. The predicted octanol–water partition coefficient (Wildman–Crippen LogP) is 2.22. The largest absolute Gasteiger partial charge is 0.399 e. The summed E-state index contributed by atoms with van der Waals surface area (Å²) in [4.78, 5) is 15.2. The molecule has 5 heteroatoms. The molecule has 5 nitrogen and oxygen atoms in total. The molecule has 1 aliphatic heterocycles. The fraction of sp³-hybridized carbons (Fsp3) is 0.900. The SMILES string of the molecule is CC/C(=N\OC)C1(CC)OOC(C)(C)O1. The molecule has 0 aromatic carbocycles. The van der Waals surface area contributed by atoms with E-state index in [2.05, 4.69) is 5.16 Å². The molecule has 1 saturated heterocycles. The van der Waals surface area contributed by atoms with Crippen molar-refractivity contribution in [2.75, 3.05) is 7.11 Å². The zero-order chi connectivity index (χ0) is 11.5. The van der Waals surface area contributed by atoms with Crippen molar-refractivity contribution in [3.8, 4) is 0 Å². The van der Waals surface area contributed by atoms with Gasteiger partial charge < -0.3 is 9.57 Å². The van der Waals surface area contributed by atoms with Crippen LogP contribution >= 0.6 is 0 Å². The van der Waals surface area contributed by atoms with E-state index < -0.39 is 11.6 Å². The monoisotopic (exact) mass is 217 g/mol. The van der Waals surface area contributed by atoms with Crippen LogP contribution in [0.4, 0.5) is 0 Å². The Kier molecular flexibility index (Phi) is 3.70. The van der Waals surface area contributed by atoms with E-state index >= 15 is 0 Å². The minimum atomic E-state index is -0.908. The molecule has 0 aromatic heterocycles. The third-order valence-corrected chi connectivity index (χ3v) is 2.23. The predicted molar refractivity (Wildman–Crippen MR) is 55.1 cm³/mol. The Morgan fingerprint density at radius 2 is 1.93 bits per heavy atom. The van der Waals surface area contributed by atoms with Crippen LogP contribution in [-0.4, -0.2) is 24.4 Å². The van der Waals surface area contributed by atoms with Crippen molar-refractivity contribution in [2.45, 2.75) is 52.1 Å². The second kappa shape index (κ2) is 4.47. The van der Waals surface area contributed by atoms with Gasteiger partial charge >= 0.3 is 0 Å². The van der Waals surface area contributed by atoms with E-state index in [9.17, 15) is 0 Å². The van der Waals surface area contributed by atoms with Crippen molar-refractivity contribution in [1.82, 2.24) is 0 Å². The second-order valence-electron chi connectivity index (χ2n) is 3.85. The Labute approximate surface area is 90.3 Å². The Balaban J connectivity index is 2.91. The lowest BCUT2D eigenvalue weighted by Gasteiger charge is -2.25. The second-order valence-corrected chi connectivity index (χ2v) is 3.85. The summed E-state index contributed by atoms with van der Waals surface area (Å²) in [5.74, 6) is -1.66. The van der Waals surface area contributed by atoms with Crippen molar-refractivity contribution >= 4 is 5.71 Å². The smallest absolute Gasteiger partial charge is 0.246 e. The summed E-state index contributed by atoms with van der Waals surface area (Å²) in [5.41, 5.74) is 0.693. The van der Waals surface area contributed by atoms with E-state index in [0.29, 0.717) is 18.6 Å². The fourth-order valence-corrected chi connectivity index (χ4v) is 1.55. The molecule has 0 aliphatic carbocycles. The van der Waals surface area contributed by atoms with Crippen LogP contribution in [0.15, 0.2) is 5.16 Å². The average molecular weight is 217 g/mol. The van der Waals surface area contributed by atoms with Crippen molar-refractivity contribution in [1.29, 1.82) is 0 Å². The number of ether oxygens (including phenoxy) is 1. The quantitative estimate of drug-likeness (QED) is 0.411. The van der Waals surface area contributed by atoms with Crippen LogP contribution in [0.3, 0.4) is 0 Å². The van der Waals surface area contributed by atoms with E-state index in [-0.39, 0.29) is 0 Å². The van der Waals surface area contributed by atoms with Crippen molar-refractivity contribution in [3.63, 3.8) is 0 Å². The third-order valence-electron chi connectivity index (χ3n) is 2.23. The molecule has 1 rings (SSSR count). The number of hydrogen-bond donors (Lipinski definition) is 0. The first-order valence-corrected chi connectivity index (χ1v) is 5.17. The van der Waals surface area contributed by atoms with E-state index in [0.717, 1.165) is 0 Å². The van der Waals surface area contributed by atoms with Gasteiger partial charge in [-0.2, -0.15) is 9.78 Å². The van der Waals surface area contributed by atoms with Crippen LogP contribution in [-0.2, 0) is 19.3 Å². The van der Waals surface area contributed by atoms with Gasteiger partial charge in [0, 0.05) is 6.42 Å². The Bertz CT molecular complexity index is 252. The Morgan fingerprint density at radius 3 is 2.27 bits per heavy atom. The van der Waals surface area contributed by atoms with Gasteiger partial charge in [0.15, 0.2) is 5.79 Å². The zero-order valence-electron chi connectivity index (χ0n) is 9.99. The standard InChI is InChI=1S/C10H19NO4/c1-6-8(11-12-5)10(7-2)13-9(3,4)14-15-10/h6-7H2,1-5H3/b11-8+. The van der Waals surface area contributed by atoms with E-state index in [1.807, 2.05) is 13.8 Å². The van der Waals surface area contributed by atoms with Gasteiger partial charge in [-0.1, -0.05) is 19.0 Å². The first kappa shape index (κ1) is 12.4. The molecule has 1 fully saturated rings. The lowest BCUT2D eigenvalue weighted by Crippen LogP contribution is -2.41. The highest BCUT2D eigenvalue weighted by atomic mass is 17.3. The maximum atomic E-state index is 5.74. The highest BCUT2D eigenvalue weighted by Crippen LogP contribution is 2.36. The molecular weight excluding hydrogens is 198 g/mol. The first-order chi connectivity index (χ1) is 6.99. The lowest BCUT2D eigenvalue weighted by molar-refractivity contribution is -0.331. The molecule has 0 saturated carbocycles. The summed E-state index contributed by atoms with van der Waals surface area (Å²) in [5, 5.41) is 3.92. The van der Waals surface area contributed by atoms with Gasteiger partial charge in [-0.25, -0.2) is 0 Å². The lowest BCUT2D eigenvalue weighted by atomic mass is 10.1. The van der Waals surface area contributed by atoms with Crippen LogP contribution in [0.1, 0.15) is 40.5 Å². The van der Waals surface area contributed by atoms with Gasteiger partial charge in [0.25, 0.3) is 0 Å². The van der Waals surface area contributed by atoms with Crippen molar-refractivity contribution in [2.24, 2.45) is 5.16 Å². The molecule has 15 heavy (non-hydrogen) atoms. The normalized spacial score (nSPS) is 30.6. The van der Waals surface area contributed by atoms with E-state index in [1.165, 1.54) is 7.11 Å². The molecule has 0 radical (unpaired) electrons. The van der Waals surface area contributed by atoms with Crippen LogP contribution < -0.4 is 0 Å². The third kappa shape index (κ3) is 2.48. The van der Waals surface area contributed by atoms with Gasteiger partial charge in [0.2, 0.25) is 5.79 Å². The van der Waals surface area contributed by atoms with Crippen LogP contribution in [0.5, 0.6) is 0 Å². The molecule has 0 aromatic rings. The summed E-state index contributed by atoms with van der Waals surface area (Å²) in [6, 6.07) is 0. The molecule has 1 heterocycles. The number of nitrogens with zero attached hydrogens (tertiary/aromatic N) is 1. The molecule has 1 atom stereocenters. The molecule has 1 unspecified atom stereocenters. The summed E-state index contributed by atoms with van der Waals surface area (Å²) < 4.78 is 5.74. The molecule has 1 aliphatic rings. The topological polar surface area (TPSA) is 49.3 Å². The highest BCUT2D eigenvalue weighted by molar-refractivity contribution is 5.90. The van der Waals surface area contributed by atoms with Gasteiger partial charge in [0.05, 0.1) is 0 Å². The Hall–Kier alpha value is -0.650. The van der Waals surface area contributed by atoms with Gasteiger partial charge in [-0.15, -0.1) is 0 Å². The van der Waals surface area contributed by atoms with Gasteiger partial charge in [-0.3, -0.25) is 0 Å². The zero-order valence-corrected chi connectivity index (χ0v) is 9.99. The van der Waals surface area contributed by atoms with E-state index in [1.54, 1.807) is 13.8 Å². The van der Waals surface area contributed by atoms with Crippen LogP contribution in [0.2, 0.25) is 0 Å². The molecule has 0 bridgehead atoms. The maximum absolute atomic E-state index is 5.74.